The fraction of sp³-hybridized carbons (Fsp3) is 0.619. The van der Waals surface area contributed by atoms with Gasteiger partial charge in [-0.1, -0.05) is 0 Å². The molecule has 7 heteroatoms. The van der Waals surface area contributed by atoms with Crippen molar-refractivity contribution in [2.45, 2.75) is 50.9 Å². The van der Waals surface area contributed by atoms with Crippen LogP contribution in [0.5, 0.6) is 0 Å². The van der Waals surface area contributed by atoms with E-state index in [9.17, 15) is 4.79 Å². The van der Waals surface area contributed by atoms with Gasteiger partial charge in [0.05, 0.1) is 25.0 Å². The molecule has 2 fully saturated rings. The SMILES string of the molecule is Cn1nc(C(=O)NCC2CC2)c2c1CC1(CCN(Cc3ccco3)CC1)OC2. The third-order valence-electron chi connectivity index (χ3n) is 6.48. The van der Waals surface area contributed by atoms with E-state index in [0.29, 0.717) is 18.2 Å². The van der Waals surface area contributed by atoms with Crippen LogP contribution >= 0.6 is 0 Å². The van der Waals surface area contributed by atoms with Crippen LogP contribution in [0, 0.1) is 5.92 Å². The van der Waals surface area contributed by atoms with Crippen molar-refractivity contribution < 1.29 is 13.9 Å². The average Bonchev–Trinajstić information content (AvgIpc) is 3.30. The highest BCUT2D eigenvalue weighted by atomic mass is 16.5. The Labute approximate surface area is 165 Å². The molecule has 1 N–H and O–H groups in total. The van der Waals surface area contributed by atoms with E-state index < -0.39 is 0 Å². The summed E-state index contributed by atoms with van der Waals surface area (Å²) < 4.78 is 13.7. The van der Waals surface area contributed by atoms with Gasteiger partial charge in [-0.2, -0.15) is 5.10 Å². The first-order chi connectivity index (χ1) is 13.6. The van der Waals surface area contributed by atoms with Crippen molar-refractivity contribution in [3.05, 3.63) is 41.1 Å². The Morgan fingerprint density at radius 1 is 1.36 bits per heavy atom. The van der Waals surface area contributed by atoms with Crippen LogP contribution in [0.4, 0.5) is 0 Å². The summed E-state index contributed by atoms with van der Waals surface area (Å²) in [7, 11) is 1.95. The van der Waals surface area contributed by atoms with Crippen molar-refractivity contribution in [2.24, 2.45) is 13.0 Å². The van der Waals surface area contributed by atoms with Crippen molar-refractivity contribution in [1.82, 2.24) is 20.0 Å². The van der Waals surface area contributed by atoms with Crippen LogP contribution in [-0.4, -0.2) is 45.8 Å². The summed E-state index contributed by atoms with van der Waals surface area (Å²) in [4.78, 5) is 15.0. The smallest absolute Gasteiger partial charge is 0.272 e. The molecule has 28 heavy (non-hydrogen) atoms. The number of hydrogen-bond donors (Lipinski definition) is 1. The zero-order valence-electron chi connectivity index (χ0n) is 16.4. The van der Waals surface area contributed by atoms with Crippen molar-refractivity contribution >= 4 is 5.91 Å². The second-order valence-electron chi connectivity index (χ2n) is 8.55. The van der Waals surface area contributed by atoms with Gasteiger partial charge in [0, 0.05) is 44.4 Å². The number of nitrogens with one attached hydrogen (secondary N) is 1. The number of piperidine rings is 1. The molecule has 2 aromatic rings. The summed E-state index contributed by atoms with van der Waals surface area (Å²) >= 11 is 0. The van der Waals surface area contributed by atoms with E-state index in [1.807, 2.05) is 23.9 Å². The van der Waals surface area contributed by atoms with Crippen LogP contribution in [0.3, 0.4) is 0 Å². The monoisotopic (exact) mass is 384 g/mol. The van der Waals surface area contributed by atoms with E-state index in [-0.39, 0.29) is 11.5 Å². The maximum atomic E-state index is 12.6. The van der Waals surface area contributed by atoms with Gasteiger partial charge in [0.25, 0.3) is 5.91 Å². The Kier molecular flexibility index (Phi) is 4.51. The molecular weight excluding hydrogens is 356 g/mol. The second-order valence-corrected chi connectivity index (χ2v) is 8.55. The number of furan rings is 1. The summed E-state index contributed by atoms with van der Waals surface area (Å²) in [6.07, 6.45) is 6.99. The molecular formula is C21H28N4O3. The molecule has 1 saturated carbocycles. The van der Waals surface area contributed by atoms with Crippen LogP contribution < -0.4 is 5.32 Å². The number of nitrogens with zero attached hydrogens (tertiary/aromatic N) is 3. The number of rotatable bonds is 5. The fourth-order valence-corrected chi connectivity index (χ4v) is 4.44. The minimum atomic E-state index is -0.137. The van der Waals surface area contributed by atoms with Crippen LogP contribution in [-0.2, 0) is 31.4 Å². The molecule has 0 aromatic carbocycles. The maximum absolute atomic E-state index is 12.6. The van der Waals surface area contributed by atoms with Crippen molar-refractivity contribution in [3.8, 4) is 0 Å². The highest BCUT2D eigenvalue weighted by Crippen LogP contribution is 2.37. The molecule has 1 saturated heterocycles. The van der Waals surface area contributed by atoms with Crippen LogP contribution in [0.2, 0.25) is 0 Å². The lowest BCUT2D eigenvalue weighted by atomic mass is 9.83. The number of hydrogen-bond acceptors (Lipinski definition) is 5. The molecule has 5 rings (SSSR count). The van der Waals surface area contributed by atoms with E-state index in [4.69, 9.17) is 9.15 Å². The van der Waals surface area contributed by atoms with E-state index >= 15 is 0 Å². The van der Waals surface area contributed by atoms with Crippen molar-refractivity contribution in [1.29, 1.82) is 0 Å². The lowest BCUT2D eigenvalue weighted by Crippen LogP contribution is -2.49. The van der Waals surface area contributed by atoms with Crippen molar-refractivity contribution in [3.63, 3.8) is 0 Å². The van der Waals surface area contributed by atoms with E-state index in [0.717, 1.165) is 62.5 Å². The number of ether oxygens (including phenoxy) is 1. The first-order valence-electron chi connectivity index (χ1n) is 10.3. The van der Waals surface area contributed by atoms with Gasteiger partial charge >= 0.3 is 0 Å². The van der Waals surface area contributed by atoms with Gasteiger partial charge in [-0.15, -0.1) is 0 Å². The first kappa shape index (κ1) is 17.9. The summed E-state index contributed by atoms with van der Waals surface area (Å²) in [6, 6.07) is 3.96. The van der Waals surface area contributed by atoms with E-state index in [1.165, 1.54) is 12.8 Å². The Morgan fingerprint density at radius 2 is 2.18 bits per heavy atom. The van der Waals surface area contributed by atoms with Crippen molar-refractivity contribution in [2.75, 3.05) is 19.6 Å². The van der Waals surface area contributed by atoms with Crippen LogP contribution in [0.25, 0.3) is 0 Å². The third-order valence-corrected chi connectivity index (χ3v) is 6.48. The van der Waals surface area contributed by atoms with Gasteiger partial charge < -0.3 is 14.5 Å². The van der Waals surface area contributed by atoms with E-state index in [1.54, 1.807) is 6.26 Å². The van der Waals surface area contributed by atoms with Crippen LogP contribution in [0.1, 0.15) is 53.2 Å². The Balaban J connectivity index is 1.24. The van der Waals surface area contributed by atoms with Gasteiger partial charge in [0.15, 0.2) is 5.69 Å². The topological polar surface area (TPSA) is 72.5 Å². The van der Waals surface area contributed by atoms with Gasteiger partial charge in [-0.25, -0.2) is 0 Å². The molecule has 1 spiro atoms. The van der Waals surface area contributed by atoms with E-state index in [2.05, 4.69) is 15.3 Å². The minimum Gasteiger partial charge on any atom is -0.468 e. The van der Waals surface area contributed by atoms with Crippen LogP contribution in [0.15, 0.2) is 22.8 Å². The highest BCUT2D eigenvalue weighted by Gasteiger charge is 2.41. The Bertz CT molecular complexity index is 845. The Morgan fingerprint density at radius 3 is 2.89 bits per heavy atom. The lowest BCUT2D eigenvalue weighted by Gasteiger charge is -2.43. The molecule has 4 heterocycles. The molecule has 2 aliphatic heterocycles. The molecule has 3 aliphatic rings. The second kappa shape index (κ2) is 7.04. The molecule has 1 amide bonds. The summed E-state index contributed by atoms with van der Waals surface area (Å²) in [6.45, 7) is 4.07. The summed E-state index contributed by atoms with van der Waals surface area (Å²) in [5.74, 6) is 1.61. The average molecular weight is 384 g/mol. The van der Waals surface area contributed by atoms with Gasteiger partial charge in [0.2, 0.25) is 0 Å². The Hall–Kier alpha value is -2.12. The summed E-state index contributed by atoms with van der Waals surface area (Å²) in [5.41, 5.74) is 2.53. The number of amides is 1. The van der Waals surface area contributed by atoms with Gasteiger partial charge in [0.1, 0.15) is 5.76 Å². The quantitative estimate of drug-likeness (QED) is 0.856. The lowest BCUT2D eigenvalue weighted by molar-refractivity contribution is -0.104. The standard InChI is InChI=1S/C21H28N4O3/c1-24-18-11-21(6-8-25(9-7-21)13-16-3-2-10-27-16)28-14-17(18)19(23-24)20(26)22-12-15-4-5-15/h2-3,10,15H,4-9,11-14H2,1H3,(H,22,26). The number of carbonyl (C=O) groups excluding carboxylic acids is 1. The molecule has 1 aliphatic carbocycles. The predicted octanol–water partition coefficient (Wildman–Crippen LogP) is 2.26. The zero-order valence-corrected chi connectivity index (χ0v) is 16.4. The number of fused-ring (bicyclic) bond motifs is 1. The minimum absolute atomic E-state index is 0.0587. The number of aryl methyl sites for hydroxylation is 1. The third kappa shape index (κ3) is 3.49. The molecule has 7 nitrogen and oxygen atoms in total. The van der Waals surface area contributed by atoms with Gasteiger partial charge in [-0.05, 0) is 43.7 Å². The maximum Gasteiger partial charge on any atom is 0.272 e. The normalized spacial score (nSPS) is 21.6. The number of likely N-dealkylation sites (tertiary alicyclic amines) is 1. The molecule has 0 bridgehead atoms. The molecule has 0 atom stereocenters. The highest BCUT2D eigenvalue weighted by molar-refractivity contribution is 5.94. The molecule has 0 radical (unpaired) electrons. The molecule has 0 unspecified atom stereocenters. The predicted molar refractivity (Wildman–Crippen MR) is 103 cm³/mol. The fourth-order valence-electron chi connectivity index (χ4n) is 4.44. The largest absolute Gasteiger partial charge is 0.468 e. The number of aromatic nitrogens is 2. The summed E-state index contributed by atoms with van der Waals surface area (Å²) in [5, 5.41) is 7.57. The molecule has 150 valence electrons. The van der Waals surface area contributed by atoms with Gasteiger partial charge in [-0.3, -0.25) is 14.4 Å². The number of carbonyl (C=O) groups is 1. The first-order valence-corrected chi connectivity index (χ1v) is 10.3. The molecule has 2 aromatic heterocycles. The zero-order chi connectivity index (χ0) is 19.1.